The summed E-state index contributed by atoms with van der Waals surface area (Å²) in [4.78, 5) is 12.2. The number of methoxy groups -OCH3 is 1. The average molecular weight is 439 g/mol. The number of ether oxygens (including phenoxy) is 3. The molecule has 0 aliphatic rings. The lowest BCUT2D eigenvalue weighted by Crippen LogP contribution is -2.17. The number of nitrogens with zero attached hydrogens (tertiary/aromatic N) is 1. The molecule has 3 rings (SSSR count). The van der Waals surface area contributed by atoms with Crippen molar-refractivity contribution in [1.82, 2.24) is 5.43 Å². The van der Waals surface area contributed by atoms with Gasteiger partial charge in [-0.05, 0) is 54.4 Å². The monoisotopic (exact) mass is 438 g/mol. The second kappa shape index (κ2) is 11.0. The van der Waals surface area contributed by atoms with Gasteiger partial charge in [0.15, 0.2) is 11.5 Å². The van der Waals surface area contributed by atoms with E-state index in [0.717, 1.165) is 5.56 Å². The summed E-state index contributed by atoms with van der Waals surface area (Å²) in [6, 6.07) is 20.0. The van der Waals surface area contributed by atoms with E-state index in [4.69, 9.17) is 25.8 Å². The summed E-state index contributed by atoms with van der Waals surface area (Å²) in [7, 11) is 1.54. The van der Waals surface area contributed by atoms with Gasteiger partial charge in [0.25, 0.3) is 5.91 Å². The van der Waals surface area contributed by atoms with Gasteiger partial charge in [0.05, 0.1) is 25.0 Å². The summed E-state index contributed by atoms with van der Waals surface area (Å²) < 4.78 is 16.6. The number of hydrazone groups is 1. The first kappa shape index (κ1) is 22.2. The van der Waals surface area contributed by atoms with Gasteiger partial charge in [-0.1, -0.05) is 41.9 Å². The Bertz CT molecular complexity index is 1040. The van der Waals surface area contributed by atoms with Crippen molar-refractivity contribution in [2.75, 3.05) is 13.7 Å². The van der Waals surface area contributed by atoms with Crippen LogP contribution in [0.4, 0.5) is 0 Å². The van der Waals surface area contributed by atoms with Crippen molar-refractivity contribution in [3.05, 3.63) is 88.4 Å². The Morgan fingerprint density at radius 2 is 1.81 bits per heavy atom. The number of benzene rings is 3. The fraction of sp³-hybridized carbons (Fsp3) is 0.167. The first-order valence-corrected chi connectivity index (χ1v) is 10.1. The summed E-state index contributed by atoms with van der Waals surface area (Å²) in [6.07, 6.45) is 1.49. The summed E-state index contributed by atoms with van der Waals surface area (Å²) in [5, 5.41) is 4.39. The standard InChI is InChI=1S/C24H23ClN2O4/c1-3-30-20-11-9-19(10-12-20)24(28)27-26-15-18-13-21(25)23(22(14-18)29-2)31-16-17-7-5-4-6-8-17/h4-15H,3,16H2,1-2H3,(H,27,28)/b26-15-. The van der Waals surface area contributed by atoms with E-state index in [1.807, 2.05) is 37.3 Å². The van der Waals surface area contributed by atoms with Crippen LogP contribution in [-0.4, -0.2) is 25.8 Å². The van der Waals surface area contributed by atoms with Gasteiger partial charge in [-0.3, -0.25) is 4.79 Å². The molecule has 3 aromatic carbocycles. The number of rotatable bonds is 9. The van der Waals surface area contributed by atoms with Gasteiger partial charge in [-0.25, -0.2) is 5.43 Å². The average Bonchev–Trinajstić information content (AvgIpc) is 2.79. The molecule has 31 heavy (non-hydrogen) atoms. The Hall–Kier alpha value is -3.51. The molecule has 3 aromatic rings. The van der Waals surface area contributed by atoms with Crippen LogP contribution in [-0.2, 0) is 6.61 Å². The molecule has 0 heterocycles. The fourth-order valence-electron chi connectivity index (χ4n) is 2.78. The zero-order valence-corrected chi connectivity index (χ0v) is 18.1. The molecule has 0 spiro atoms. The Labute approximate surface area is 186 Å². The van der Waals surface area contributed by atoms with Crippen LogP contribution in [0, 0.1) is 0 Å². The maximum atomic E-state index is 12.2. The Balaban J connectivity index is 1.65. The largest absolute Gasteiger partial charge is 0.494 e. The molecule has 7 heteroatoms. The topological polar surface area (TPSA) is 69.2 Å². The quantitative estimate of drug-likeness (QED) is 0.373. The lowest BCUT2D eigenvalue weighted by atomic mass is 10.2. The van der Waals surface area contributed by atoms with E-state index in [2.05, 4.69) is 10.5 Å². The third kappa shape index (κ3) is 6.23. The summed E-state index contributed by atoms with van der Waals surface area (Å²) in [5.41, 5.74) is 4.64. The summed E-state index contributed by atoms with van der Waals surface area (Å²) >= 11 is 6.39. The van der Waals surface area contributed by atoms with E-state index in [-0.39, 0.29) is 5.91 Å². The number of nitrogens with one attached hydrogen (secondary N) is 1. The first-order valence-electron chi connectivity index (χ1n) is 9.71. The number of carbonyl (C=O) groups excluding carboxylic acids is 1. The molecule has 0 aliphatic heterocycles. The summed E-state index contributed by atoms with van der Waals surface area (Å²) in [6.45, 7) is 2.83. The van der Waals surface area contributed by atoms with Gasteiger partial charge in [0.2, 0.25) is 0 Å². The molecule has 0 atom stereocenters. The van der Waals surface area contributed by atoms with E-state index in [1.165, 1.54) is 13.3 Å². The Morgan fingerprint density at radius 1 is 1.06 bits per heavy atom. The minimum Gasteiger partial charge on any atom is -0.494 e. The number of amides is 1. The minimum absolute atomic E-state index is 0.333. The molecular formula is C24H23ClN2O4. The van der Waals surface area contributed by atoms with E-state index < -0.39 is 0 Å². The SMILES string of the molecule is CCOc1ccc(C(=O)N/N=C\c2cc(Cl)c(OCc3ccccc3)c(OC)c2)cc1. The maximum Gasteiger partial charge on any atom is 0.271 e. The molecule has 0 saturated heterocycles. The highest BCUT2D eigenvalue weighted by Gasteiger charge is 2.12. The number of carbonyl (C=O) groups is 1. The van der Waals surface area contributed by atoms with Crippen molar-refractivity contribution >= 4 is 23.7 Å². The van der Waals surface area contributed by atoms with Crippen LogP contribution in [0.1, 0.15) is 28.4 Å². The predicted molar refractivity (Wildman–Crippen MR) is 121 cm³/mol. The van der Waals surface area contributed by atoms with Crippen molar-refractivity contribution < 1.29 is 19.0 Å². The van der Waals surface area contributed by atoms with Crippen LogP contribution in [0.25, 0.3) is 0 Å². The highest BCUT2D eigenvalue weighted by atomic mass is 35.5. The molecule has 0 unspecified atom stereocenters. The van der Waals surface area contributed by atoms with E-state index in [9.17, 15) is 4.79 Å². The molecule has 0 aliphatic carbocycles. The molecule has 160 valence electrons. The zero-order valence-electron chi connectivity index (χ0n) is 17.3. The molecule has 0 radical (unpaired) electrons. The van der Waals surface area contributed by atoms with Gasteiger partial charge in [0.1, 0.15) is 12.4 Å². The molecular weight excluding hydrogens is 416 g/mol. The maximum absolute atomic E-state index is 12.2. The van der Waals surface area contributed by atoms with E-state index >= 15 is 0 Å². The van der Waals surface area contributed by atoms with Gasteiger partial charge >= 0.3 is 0 Å². The third-order valence-electron chi connectivity index (χ3n) is 4.28. The minimum atomic E-state index is -0.333. The van der Waals surface area contributed by atoms with Crippen LogP contribution >= 0.6 is 11.6 Å². The molecule has 0 aromatic heterocycles. The van der Waals surface area contributed by atoms with Crippen molar-refractivity contribution in [2.45, 2.75) is 13.5 Å². The van der Waals surface area contributed by atoms with Crippen molar-refractivity contribution in [2.24, 2.45) is 5.10 Å². The Morgan fingerprint density at radius 3 is 2.48 bits per heavy atom. The normalized spacial score (nSPS) is 10.7. The predicted octanol–water partition coefficient (Wildman–Crippen LogP) is 5.09. The van der Waals surface area contributed by atoms with Crippen molar-refractivity contribution in [3.8, 4) is 17.2 Å². The molecule has 0 bridgehead atoms. The van der Waals surface area contributed by atoms with Crippen molar-refractivity contribution in [3.63, 3.8) is 0 Å². The fourth-order valence-corrected chi connectivity index (χ4v) is 3.06. The number of hydrogen-bond donors (Lipinski definition) is 1. The lowest BCUT2D eigenvalue weighted by molar-refractivity contribution is 0.0955. The molecule has 6 nitrogen and oxygen atoms in total. The first-order chi connectivity index (χ1) is 15.1. The van der Waals surface area contributed by atoms with Crippen LogP contribution in [0.5, 0.6) is 17.2 Å². The Kier molecular flexibility index (Phi) is 7.90. The van der Waals surface area contributed by atoms with E-state index in [0.29, 0.717) is 46.6 Å². The van der Waals surface area contributed by atoms with Crippen LogP contribution in [0.3, 0.4) is 0 Å². The second-order valence-corrected chi connectivity index (χ2v) is 6.87. The second-order valence-electron chi connectivity index (χ2n) is 6.46. The third-order valence-corrected chi connectivity index (χ3v) is 4.57. The van der Waals surface area contributed by atoms with E-state index in [1.54, 1.807) is 36.4 Å². The zero-order chi connectivity index (χ0) is 22.1. The van der Waals surface area contributed by atoms with Crippen LogP contribution in [0.15, 0.2) is 71.8 Å². The van der Waals surface area contributed by atoms with Gasteiger partial charge in [-0.2, -0.15) is 5.10 Å². The molecule has 0 saturated carbocycles. The van der Waals surface area contributed by atoms with Crippen molar-refractivity contribution in [1.29, 1.82) is 0 Å². The number of hydrogen-bond acceptors (Lipinski definition) is 5. The van der Waals surface area contributed by atoms with Crippen LogP contribution in [0.2, 0.25) is 5.02 Å². The molecule has 1 amide bonds. The van der Waals surface area contributed by atoms with Gasteiger partial charge < -0.3 is 14.2 Å². The lowest BCUT2D eigenvalue weighted by Gasteiger charge is -2.13. The molecule has 0 fully saturated rings. The summed E-state index contributed by atoms with van der Waals surface area (Å²) in [5.74, 6) is 1.30. The van der Waals surface area contributed by atoms with Crippen LogP contribution < -0.4 is 19.6 Å². The molecule has 1 N–H and O–H groups in total. The smallest absolute Gasteiger partial charge is 0.271 e. The highest BCUT2D eigenvalue weighted by molar-refractivity contribution is 6.32. The highest BCUT2D eigenvalue weighted by Crippen LogP contribution is 2.36. The van der Waals surface area contributed by atoms with Gasteiger partial charge in [-0.15, -0.1) is 0 Å². The van der Waals surface area contributed by atoms with Gasteiger partial charge in [0, 0.05) is 5.56 Å². The number of halogens is 1.